The average molecular weight is 406 g/mol. The van der Waals surface area contributed by atoms with Crippen molar-refractivity contribution in [2.24, 2.45) is 0 Å². The zero-order valence-electron chi connectivity index (χ0n) is 15.4. The number of hydrogen-bond acceptors (Lipinski definition) is 7. The summed E-state index contributed by atoms with van der Waals surface area (Å²) in [6.45, 7) is 0. The van der Waals surface area contributed by atoms with Crippen LogP contribution in [0.5, 0.6) is 0 Å². The lowest BCUT2D eigenvalue weighted by atomic mass is 10.1. The summed E-state index contributed by atoms with van der Waals surface area (Å²) in [4.78, 5) is 47.7. The summed E-state index contributed by atoms with van der Waals surface area (Å²) in [6, 6.07) is 8.58. The Kier molecular flexibility index (Phi) is 6.69. The molecule has 2 aliphatic rings. The molecule has 28 heavy (non-hydrogen) atoms. The Balaban J connectivity index is 1.43. The van der Waals surface area contributed by atoms with Crippen LogP contribution in [0.25, 0.3) is 0 Å². The van der Waals surface area contributed by atoms with Gasteiger partial charge in [-0.25, -0.2) is 4.79 Å². The van der Waals surface area contributed by atoms with E-state index in [-0.39, 0.29) is 35.1 Å². The number of carbonyl (C=O) groups is 4. The summed E-state index contributed by atoms with van der Waals surface area (Å²) in [7, 11) is 1.28. The number of β-lactam (4-membered cyclic amide) rings is 1. The van der Waals surface area contributed by atoms with E-state index in [1.54, 1.807) is 0 Å². The Labute approximate surface area is 166 Å². The van der Waals surface area contributed by atoms with Gasteiger partial charge in [-0.05, 0) is 18.4 Å². The minimum absolute atomic E-state index is 0.120. The number of ketones is 1. The highest BCUT2D eigenvalue weighted by Gasteiger charge is 2.42. The fourth-order valence-electron chi connectivity index (χ4n) is 3.08. The van der Waals surface area contributed by atoms with Crippen molar-refractivity contribution in [3.05, 3.63) is 35.9 Å². The molecule has 9 heteroatoms. The second kappa shape index (κ2) is 9.20. The summed E-state index contributed by atoms with van der Waals surface area (Å²) in [5.41, 5.74) is 0.859. The number of methoxy groups -OCH3 is 1. The molecule has 2 heterocycles. The number of esters is 1. The molecule has 0 aromatic heterocycles. The Hall–Kier alpha value is -2.39. The lowest BCUT2D eigenvalue weighted by molar-refractivity contribution is -0.154. The lowest BCUT2D eigenvalue weighted by Gasteiger charge is -2.36. The second-order valence-electron chi connectivity index (χ2n) is 6.63. The summed E-state index contributed by atoms with van der Waals surface area (Å²) in [5, 5.41) is 5.03. The Morgan fingerprint density at radius 2 is 1.93 bits per heavy atom. The maximum atomic E-state index is 12.3. The van der Waals surface area contributed by atoms with Gasteiger partial charge in [-0.15, -0.1) is 11.8 Å². The topological polar surface area (TPSA) is 111 Å². The van der Waals surface area contributed by atoms with E-state index in [0.717, 1.165) is 5.56 Å². The Morgan fingerprint density at radius 1 is 1.21 bits per heavy atom. The largest absolute Gasteiger partial charge is 0.467 e. The molecule has 2 aliphatic heterocycles. The minimum atomic E-state index is -0.697. The number of carbonyl (C=O) groups excluding carboxylic acids is 4. The Bertz CT molecular complexity index is 756. The molecule has 3 rings (SSSR count). The van der Waals surface area contributed by atoms with Gasteiger partial charge in [0.05, 0.1) is 19.3 Å². The molecule has 4 atom stereocenters. The SMILES string of the molecule is COC(=O)C1CCC(C(=O)CS[C@H]2NC(=O)[C@H]2NC(=O)Cc2ccccc2)O1. The average Bonchev–Trinajstić information content (AvgIpc) is 3.19. The third-order valence-corrected chi connectivity index (χ3v) is 5.84. The van der Waals surface area contributed by atoms with Crippen molar-refractivity contribution in [3.8, 4) is 0 Å². The first kappa shape index (κ1) is 20.3. The van der Waals surface area contributed by atoms with Crippen molar-refractivity contribution in [2.45, 2.75) is 42.9 Å². The predicted molar refractivity (Wildman–Crippen MR) is 101 cm³/mol. The van der Waals surface area contributed by atoms with Crippen LogP contribution in [0.1, 0.15) is 18.4 Å². The first-order valence-electron chi connectivity index (χ1n) is 8.99. The number of hydrogen-bond donors (Lipinski definition) is 2. The highest BCUT2D eigenvalue weighted by molar-refractivity contribution is 8.00. The number of benzene rings is 1. The molecule has 1 aromatic rings. The monoisotopic (exact) mass is 406 g/mol. The van der Waals surface area contributed by atoms with E-state index in [1.165, 1.54) is 18.9 Å². The van der Waals surface area contributed by atoms with Crippen LogP contribution in [-0.4, -0.2) is 60.1 Å². The molecule has 8 nitrogen and oxygen atoms in total. The van der Waals surface area contributed by atoms with E-state index >= 15 is 0 Å². The third-order valence-electron chi connectivity index (χ3n) is 4.64. The smallest absolute Gasteiger partial charge is 0.335 e. The molecular weight excluding hydrogens is 384 g/mol. The maximum Gasteiger partial charge on any atom is 0.335 e. The molecular formula is C19H22N2O6S. The van der Waals surface area contributed by atoms with Gasteiger partial charge in [0, 0.05) is 0 Å². The summed E-state index contributed by atoms with van der Waals surface area (Å²) >= 11 is 1.24. The van der Waals surface area contributed by atoms with Crippen LogP contribution >= 0.6 is 11.8 Å². The van der Waals surface area contributed by atoms with Crippen molar-refractivity contribution < 1.29 is 28.7 Å². The van der Waals surface area contributed by atoms with Gasteiger partial charge < -0.3 is 20.1 Å². The maximum absolute atomic E-state index is 12.3. The highest BCUT2D eigenvalue weighted by Crippen LogP contribution is 2.25. The van der Waals surface area contributed by atoms with Crippen molar-refractivity contribution in [1.82, 2.24) is 10.6 Å². The van der Waals surface area contributed by atoms with E-state index in [0.29, 0.717) is 12.8 Å². The van der Waals surface area contributed by atoms with Crippen LogP contribution < -0.4 is 10.6 Å². The number of thioether (sulfide) groups is 1. The lowest BCUT2D eigenvalue weighted by Crippen LogP contribution is -2.68. The van der Waals surface area contributed by atoms with E-state index in [2.05, 4.69) is 15.4 Å². The molecule has 2 amide bonds. The molecule has 0 radical (unpaired) electrons. The van der Waals surface area contributed by atoms with E-state index in [9.17, 15) is 19.2 Å². The first-order chi connectivity index (χ1) is 13.5. The molecule has 0 bridgehead atoms. The van der Waals surface area contributed by atoms with Crippen LogP contribution in [0.2, 0.25) is 0 Å². The quantitative estimate of drug-likeness (QED) is 0.468. The van der Waals surface area contributed by atoms with E-state index in [4.69, 9.17) is 4.74 Å². The van der Waals surface area contributed by atoms with Crippen molar-refractivity contribution in [2.75, 3.05) is 12.9 Å². The molecule has 0 aliphatic carbocycles. The number of Topliss-reactive ketones (excluding diaryl/α,β-unsaturated/α-hetero) is 1. The van der Waals surface area contributed by atoms with Gasteiger partial charge in [0.1, 0.15) is 17.5 Å². The number of nitrogens with one attached hydrogen (secondary N) is 2. The van der Waals surface area contributed by atoms with E-state index in [1.807, 2.05) is 30.3 Å². The van der Waals surface area contributed by atoms with Crippen molar-refractivity contribution in [3.63, 3.8) is 0 Å². The van der Waals surface area contributed by atoms with Gasteiger partial charge >= 0.3 is 5.97 Å². The van der Waals surface area contributed by atoms with Gasteiger partial charge in [0.2, 0.25) is 11.8 Å². The van der Waals surface area contributed by atoms with Gasteiger partial charge in [-0.3, -0.25) is 14.4 Å². The van der Waals surface area contributed by atoms with Crippen molar-refractivity contribution in [1.29, 1.82) is 0 Å². The minimum Gasteiger partial charge on any atom is -0.467 e. The van der Waals surface area contributed by atoms with Crippen LogP contribution in [-0.2, 0) is 35.1 Å². The van der Waals surface area contributed by atoms with Crippen LogP contribution in [0, 0.1) is 0 Å². The van der Waals surface area contributed by atoms with Gasteiger partial charge in [0.15, 0.2) is 11.9 Å². The second-order valence-corrected chi connectivity index (χ2v) is 7.76. The zero-order chi connectivity index (χ0) is 20.1. The Morgan fingerprint density at radius 3 is 2.61 bits per heavy atom. The third kappa shape index (κ3) is 4.90. The van der Waals surface area contributed by atoms with E-state index < -0.39 is 24.2 Å². The zero-order valence-corrected chi connectivity index (χ0v) is 16.2. The fourth-order valence-corrected chi connectivity index (χ4v) is 4.20. The van der Waals surface area contributed by atoms with Gasteiger partial charge in [-0.1, -0.05) is 30.3 Å². The molecule has 2 fully saturated rings. The summed E-state index contributed by atoms with van der Waals surface area (Å²) in [5.74, 6) is -1.02. The molecule has 1 aromatic carbocycles. The number of amides is 2. The van der Waals surface area contributed by atoms with Crippen LogP contribution in [0.4, 0.5) is 0 Å². The van der Waals surface area contributed by atoms with Crippen LogP contribution in [0.15, 0.2) is 30.3 Å². The normalized spacial score (nSPS) is 26.1. The first-order valence-corrected chi connectivity index (χ1v) is 10.0. The van der Waals surface area contributed by atoms with Crippen LogP contribution in [0.3, 0.4) is 0 Å². The molecule has 2 N–H and O–H groups in total. The molecule has 150 valence electrons. The number of ether oxygens (including phenoxy) is 2. The summed E-state index contributed by atoms with van der Waals surface area (Å²) in [6.07, 6.45) is -0.235. The van der Waals surface area contributed by atoms with Gasteiger partial charge in [0.25, 0.3) is 0 Å². The molecule has 2 unspecified atom stereocenters. The molecule has 0 saturated carbocycles. The highest BCUT2D eigenvalue weighted by atomic mass is 32.2. The van der Waals surface area contributed by atoms with Crippen molar-refractivity contribution >= 4 is 35.3 Å². The molecule has 0 spiro atoms. The number of rotatable bonds is 8. The predicted octanol–water partition coefficient (Wildman–Crippen LogP) is 0.193. The standard InChI is InChI=1S/C19H22N2O6S/c1-26-19(25)14-8-7-13(27-14)12(22)10-28-18-16(17(24)21-18)20-15(23)9-11-5-3-2-4-6-11/h2-6,13-14,16,18H,7-10H2,1H3,(H,20,23)(H,21,24)/t13?,14?,16-,18-/m1/s1. The fraction of sp³-hybridized carbons (Fsp3) is 0.474. The van der Waals surface area contributed by atoms with Gasteiger partial charge in [-0.2, -0.15) is 0 Å². The summed E-state index contributed by atoms with van der Waals surface area (Å²) < 4.78 is 10.1. The molecule has 2 saturated heterocycles.